The minimum absolute atomic E-state index is 0.216. The van der Waals surface area contributed by atoms with E-state index in [9.17, 15) is 0 Å². The number of hydrogen-bond acceptors (Lipinski definition) is 6. The van der Waals surface area contributed by atoms with Gasteiger partial charge in [0, 0.05) is 37.6 Å². The highest BCUT2D eigenvalue weighted by Gasteiger charge is 2.21. The number of piperazine rings is 1. The summed E-state index contributed by atoms with van der Waals surface area (Å²) in [6, 6.07) is 2.13. The molecule has 1 N–H and O–H groups in total. The Kier molecular flexibility index (Phi) is 4.07. The van der Waals surface area contributed by atoms with Crippen LogP contribution in [0, 0.1) is 6.92 Å². The van der Waals surface area contributed by atoms with E-state index in [-0.39, 0.29) is 6.61 Å². The first-order chi connectivity index (χ1) is 9.67. The Morgan fingerprint density at radius 1 is 1.30 bits per heavy atom. The van der Waals surface area contributed by atoms with Gasteiger partial charge in [0.1, 0.15) is 10.6 Å². The van der Waals surface area contributed by atoms with Crippen molar-refractivity contribution < 1.29 is 5.11 Å². The average molecular weight is 313 g/mol. The van der Waals surface area contributed by atoms with Crippen molar-refractivity contribution in [1.29, 1.82) is 0 Å². The van der Waals surface area contributed by atoms with Gasteiger partial charge in [-0.25, -0.2) is 4.98 Å². The predicted molar refractivity (Wildman–Crippen MR) is 82.9 cm³/mol. The topological polar surface area (TPSA) is 52.5 Å². The number of aromatic nitrogens is 2. The summed E-state index contributed by atoms with van der Waals surface area (Å²) < 4.78 is 0. The highest BCUT2D eigenvalue weighted by molar-refractivity contribution is 7.18. The number of hydrogen-bond donors (Lipinski definition) is 1. The zero-order valence-corrected chi connectivity index (χ0v) is 12.9. The Bertz CT molecular complexity index is 610. The maximum absolute atomic E-state index is 8.99. The van der Waals surface area contributed by atoms with Crippen LogP contribution in [0.15, 0.2) is 6.07 Å². The van der Waals surface area contributed by atoms with E-state index < -0.39 is 0 Å². The third-order valence-electron chi connectivity index (χ3n) is 3.56. The molecule has 0 aromatic carbocycles. The normalized spacial score (nSPS) is 17.1. The van der Waals surface area contributed by atoms with E-state index in [0.717, 1.165) is 48.8 Å². The van der Waals surface area contributed by atoms with Gasteiger partial charge in [0.05, 0.1) is 12.0 Å². The number of anilines is 1. The number of nitrogens with zero attached hydrogens (tertiary/aromatic N) is 4. The molecule has 3 heterocycles. The van der Waals surface area contributed by atoms with Crippen LogP contribution in [0.1, 0.15) is 4.88 Å². The van der Waals surface area contributed by atoms with E-state index in [1.54, 1.807) is 11.3 Å². The van der Waals surface area contributed by atoms with Gasteiger partial charge in [-0.05, 0) is 24.6 Å². The van der Waals surface area contributed by atoms with Crippen molar-refractivity contribution in [2.75, 3.05) is 44.2 Å². The summed E-state index contributed by atoms with van der Waals surface area (Å²) in [5.41, 5.74) is 0. The number of aryl methyl sites for hydroxylation is 1. The summed E-state index contributed by atoms with van der Waals surface area (Å²) >= 11 is 7.69. The molecule has 1 fully saturated rings. The molecule has 1 aliphatic rings. The molecule has 2 aromatic heterocycles. The number of thiophene rings is 1. The molecule has 0 saturated carbocycles. The SMILES string of the molecule is Cc1cc2c(N3CCN(CCO)CC3)nc(Cl)nc2s1. The van der Waals surface area contributed by atoms with E-state index in [1.807, 2.05) is 0 Å². The molecule has 3 rings (SSSR count). The summed E-state index contributed by atoms with van der Waals surface area (Å²) in [5.74, 6) is 0.938. The molecule has 0 unspecified atom stereocenters. The van der Waals surface area contributed by atoms with Crippen molar-refractivity contribution in [2.24, 2.45) is 0 Å². The molecule has 5 nitrogen and oxygen atoms in total. The van der Waals surface area contributed by atoms with Crippen molar-refractivity contribution in [3.05, 3.63) is 16.2 Å². The Morgan fingerprint density at radius 3 is 2.75 bits per heavy atom. The number of fused-ring (bicyclic) bond motifs is 1. The molecule has 7 heteroatoms. The van der Waals surface area contributed by atoms with Gasteiger partial charge in [0.2, 0.25) is 5.28 Å². The summed E-state index contributed by atoms with van der Waals surface area (Å²) in [6.07, 6.45) is 0. The monoisotopic (exact) mass is 312 g/mol. The molecule has 20 heavy (non-hydrogen) atoms. The molecular weight excluding hydrogens is 296 g/mol. The number of aliphatic hydroxyl groups excluding tert-OH is 1. The predicted octanol–water partition coefficient (Wildman–Crippen LogP) is 1.77. The van der Waals surface area contributed by atoms with Gasteiger partial charge in [-0.3, -0.25) is 4.90 Å². The minimum atomic E-state index is 0.216. The fourth-order valence-electron chi connectivity index (χ4n) is 2.57. The lowest BCUT2D eigenvalue weighted by molar-refractivity contribution is 0.188. The van der Waals surface area contributed by atoms with E-state index >= 15 is 0 Å². The first-order valence-corrected chi connectivity index (χ1v) is 7.88. The van der Waals surface area contributed by atoms with Gasteiger partial charge in [-0.2, -0.15) is 4.98 Å². The second-order valence-corrected chi connectivity index (χ2v) is 6.52. The summed E-state index contributed by atoms with van der Waals surface area (Å²) in [4.78, 5) is 15.4. The fourth-order valence-corrected chi connectivity index (χ4v) is 3.66. The first-order valence-electron chi connectivity index (χ1n) is 6.69. The fraction of sp³-hybridized carbons (Fsp3) is 0.538. The lowest BCUT2D eigenvalue weighted by Gasteiger charge is -2.35. The van der Waals surface area contributed by atoms with Crippen molar-refractivity contribution in [3.8, 4) is 0 Å². The van der Waals surface area contributed by atoms with Crippen LogP contribution in [-0.2, 0) is 0 Å². The van der Waals surface area contributed by atoms with Crippen LogP contribution < -0.4 is 4.90 Å². The van der Waals surface area contributed by atoms with Gasteiger partial charge >= 0.3 is 0 Å². The van der Waals surface area contributed by atoms with Crippen LogP contribution in [0.25, 0.3) is 10.2 Å². The number of halogens is 1. The summed E-state index contributed by atoms with van der Waals surface area (Å²) in [7, 11) is 0. The van der Waals surface area contributed by atoms with Crippen LogP contribution in [0.3, 0.4) is 0 Å². The Morgan fingerprint density at radius 2 is 2.05 bits per heavy atom. The largest absolute Gasteiger partial charge is 0.395 e. The third-order valence-corrected chi connectivity index (χ3v) is 4.67. The van der Waals surface area contributed by atoms with E-state index in [1.165, 1.54) is 4.88 Å². The first kappa shape index (κ1) is 14.0. The molecule has 0 amide bonds. The second kappa shape index (κ2) is 5.81. The van der Waals surface area contributed by atoms with E-state index in [0.29, 0.717) is 5.28 Å². The van der Waals surface area contributed by atoms with E-state index in [2.05, 4.69) is 32.8 Å². The van der Waals surface area contributed by atoms with Crippen molar-refractivity contribution >= 4 is 39.0 Å². The third kappa shape index (κ3) is 2.74. The molecule has 0 spiro atoms. The molecule has 1 saturated heterocycles. The standard InChI is InChI=1S/C13H17ClN4OS/c1-9-8-10-11(15-13(14)16-12(10)20-9)18-4-2-17(3-5-18)6-7-19/h8,19H,2-7H2,1H3. The zero-order valence-electron chi connectivity index (χ0n) is 11.3. The van der Waals surface area contributed by atoms with Crippen molar-refractivity contribution in [3.63, 3.8) is 0 Å². The number of aliphatic hydroxyl groups is 1. The lowest BCUT2D eigenvalue weighted by Crippen LogP contribution is -2.47. The maximum Gasteiger partial charge on any atom is 0.225 e. The smallest absolute Gasteiger partial charge is 0.225 e. The highest BCUT2D eigenvalue weighted by atomic mass is 35.5. The van der Waals surface area contributed by atoms with Crippen molar-refractivity contribution in [1.82, 2.24) is 14.9 Å². The molecule has 0 atom stereocenters. The molecule has 108 valence electrons. The van der Waals surface area contributed by atoms with Gasteiger partial charge in [0.25, 0.3) is 0 Å². The number of rotatable bonds is 3. The minimum Gasteiger partial charge on any atom is -0.395 e. The Balaban J connectivity index is 1.87. The van der Waals surface area contributed by atoms with Crippen LogP contribution in [-0.4, -0.2) is 59.3 Å². The Hall–Kier alpha value is -0.950. The van der Waals surface area contributed by atoms with Crippen LogP contribution in [0.5, 0.6) is 0 Å². The van der Waals surface area contributed by atoms with Crippen LogP contribution >= 0.6 is 22.9 Å². The second-order valence-electron chi connectivity index (χ2n) is 4.94. The average Bonchev–Trinajstić information content (AvgIpc) is 2.79. The zero-order chi connectivity index (χ0) is 14.1. The van der Waals surface area contributed by atoms with Crippen molar-refractivity contribution in [2.45, 2.75) is 6.92 Å². The van der Waals surface area contributed by atoms with E-state index in [4.69, 9.17) is 16.7 Å². The highest BCUT2D eigenvalue weighted by Crippen LogP contribution is 2.32. The molecule has 0 radical (unpaired) electrons. The molecule has 1 aliphatic heterocycles. The maximum atomic E-state index is 8.99. The van der Waals surface area contributed by atoms with Gasteiger partial charge in [-0.1, -0.05) is 0 Å². The molecule has 0 bridgehead atoms. The summed E-state index contributed by atoms with van der Waals surface area (Å²) in [6.45, 7) is 6.70. The molecule has 2 aromatic rings. The molecular formula is C13H17ClN4OS. The quantitative estimate of drug-likeness (QED) is 0.875. The molecule has 0 aliphatic carbocycles. The summed E-state index contributed by atoms with van der Waals surface area (Å²) in [5, 5.41) is 10.4. The van der Waals surface area contributed by atoms with Crippen LogP contribution in [0.4, 0.5) is 5.82 Å². The Labute approximate surface area is 126 Å². The van der Waals surface area contributed by atoms with Gasteiger partial charge < -0.3 is 10.0 Å². The van der Waals surface area contributed by atoms with Gasteiger partial charge in [-0.15, -0.1) is 11.3 Å². The van der Waals surface area contributed by atoms with Gasteiger partial charge in [0.15, 0.2) is 0 Å². The van der Waals surface area contributed by atoms with Crippen LogP contribution in [0.2, 0.25) is 5.28 Å². The number of β-amino-alcohol motifs (C(OH)–C–C–N with tert-alkyl or cyclic N) is 1. The lowest BCUT2D eigenvalue weighted by atomic mass is 10.2.